The molecule has 1 unspecified atom stereocenters. The Morgan fingerprint density at radius 3 is 2.37 bits per heavy atom. The Bertz CT molecular complexity index is 862. The van der Waals surface area contributed by atoms with Gasteiger partial charge in [-0.25, -0.2) is 0 Å². The first-order chi connectivity index (χ1) is 14.7. The predicted octanol–water partition coefficient (Wildman–Crippen LogP) is 3.69. The van der Waals surface area contributed by atoms with Gasteiger partial charge < -0.3 is 10.2 Å². The van der Waals surface area contributed by atoms with Crippen molar-refractivity contribution in [1.29, 1.82) is 0 Å². The van der Waals surface area contributed by atoms with Gasteiger partial charge in [0.25, 0.3) is 0 Å². The van der Waals surface area contributed by atoms with Crippen LogP contribution in [0.2, 0.25) is 0 Å². The smallest absolute Gasteiger partial charge is 0.239 e. The lowest BCUT2D eigenvalue weighted by Crippen LogP contribution is -2.52. The summed E-state index contributed by atoms with van der Waals surface area (Å²) in [5.74, 6) is 0.168. The summed E-state index contributed by atoms with van der Waals surface area (Å²) in [5, 5.41) is 3.10. The van der Waals surface area contributed by atoms with Gasteiger partial charge >= 0.3 is 0 Å². The van der Waals surface area contributed by atoms with Gasteiger partial charge in [0.1, 0.15) is 0 Å². The molecule has 2 aromatic rings. The maximum absolute atomic E-state index is 13.0. The molecule has 2 saturated heterocycles. The molecule has 1 atom stereocenters. The van der Waals surface area contributed by atoms with Crippen molar-refractivity contribution < 1.29 is 9.59 Å². The summed E-state index contributed by atoms with van der Waals surface area (Å²) in [7, 11) is 0. The molecule has 5 heteroatoms. The molecule has 0 radical (unpaired) electrons. The number of anilines is 1. The van der Waals surface area contributed by atoms with Crippen LogP contribution in [0.15, 0.2) is 54.6 Å². The van der Waals surface area contributed by atoms with Crippen LogP contribution in [-0.4, -0.2) is 53.8 Å². The highest BCUT2D eigenvalue weighted by molar-refractivity contribution is 5.93. The molecule has 2 aliphatic rings. The molecule has 0 saturated carbocycles. The van der Waals surface area contributed by atoms with Crippen molar-refractivity contribution in [3.05, 3.63) is 65.7 Å². The molecule has 2 aliphatic heterocycles. The van der Waals surface area contributed by atoms with Gasteiger partial charge in [0.2, 0.25) is 11.8 Å². The van der Waals surface area contributed by atoms with Crippen LogP contribution in [0, 0.1) is 0 Å². The summed E-state index contributed by atoms with van der Waals surface area (Å²) in [6.45, 7) is 2.80. The van der Waals surface area contributed by atoms with Gasteiger partial charge in [0.05, 0.1) is 12.6 Å². The van der Waals surface area contributed by atoms with Crippen LogP contribution in [0.5, 0.6) is 0 Å². The van der Waals surface area contributed by atoms with Gasteiger partial charge in [-0.3, -0.25) is 14.5 Å². The standard InChI is InChI=1S/C25H31N3O2/c29-24(19-28-17-7-6-14-23(28)25(30)27-15-8-9-16-27)26-22-13-5-4-12-21(22)18-20-10-2-1-3-11-20/h1-5,10-13,23H,6-9,14-19H2,(H,26,29). The van der Waals surface area contributed by atoms with Crippen LogP contribution in [0.4, 0.5) is 5.69 Å². The Kier molecular flexibility index (Phi) is 6.80. The summed E-state index contributed by atoms with van der Waals surface area (Å²) < 4.78 is 0. The lowest BCUT2D eigenvalue weighted by Gasteiger charge is -2.36. The highest BCUT2D eigenvalue weighted by Crippen LogP contribution is 2.22. The first kappa shape index (κ1) is 20.6. The van der Waals surface area contributed by atoms with Crippen LogP contribution in [0.1, 0.15) is 43.2 Å². The fourth-order valence-electron chi connectivity index (χ4n) is 4.59. The zero-order valence-corrected chi connectivity index (χ0v) is 17.6. The molecule has 1 N–H and O–H groups in total. The van der Waals surface area contributed by atoms with Crippen LogP contribution < -0.4 is 5.32 Å². The van der Waals surface area contributed by atoms with Crippen molar-refractivity contribution >= 4 is 17.5 Å². The number of amides is 2. The number of benzene rings is 2. The number of carbonyl (C=O) groups excluding carboxylic acids is 2. The third-order valence-corrected chi connectivity index (χ3v) is 6.19. The SMILES string of the molecule is O=C(CN1CCCCC1C(=O)N1CCCC1)Nc1ccccc1Cc1ccccc1. The first-order valence-electron chi connectivity index (χ1n) is 11.2. The zero-order chi connectivity index (χ0) is 20.8. The summed E-state index contributed by atoms with van der Waals surface area (Å²) in [4.78, 5) is 29.9. The first-order valence-corrected chi connectivity index (χ1v) is 11.2. The molecule has 0 spiro atoms. The second-order valence-electron chi connectivity index (χ2n) is 8.38. The van der Waals surface area contributed by atoms with Crippen molar-refractivity contribution in [1.82, 2.24) is 9.80 Å². The average molecular weight is 406 g/mol. The zero-order valence-electron chi connectivity index (χ0n) is 17.6. The molecule has 158 valence electrons. The number of likely N-dealkylation sites (tertiary alicyclic amines) is 2. The monoisotopic (exact) mass is 405 g/mol. The van der Waals surface area contributed by atoms with E-state index >= 15 is 0 Å². The number of nitrogens with one attached hydrogen (secondary N) is 1. The third-order valence-electron chi connectivity index (χ3n) is 6.19. The van der Waals surface area contributed by atoms with E-state index in [0.717, 1.165) is 69.4 Å². The van der Waals surface area contributed by atoms with E-state index < -0.39 is 0 Å². The largest absolute Gasteiger partial charge is 0.341 e. The van der Waals surface area contributed by atoms with Gasteiger partial charge in [-0.05, 0) is 55.8 Å². The molecule has 0 aromatic heterocycles. The lowest BCUT2D eigenvalue weighted by atomic mass is 10.0. The maximum atomic E-state index is 13.0. The van der Waals surface area contributed by atoms with Crippen molar-refractivity contribution in [2.45, 2.75) is 44.6 Å². The molecule has 0 bridgehead atoms. The molecule has 4 rings (SSSR count). The topological polar surface area (TPSA) is 52.7 Å². The summed E-state index contributed by atoms with van der Waals surface area (Å²) in [6, 6.07) is 18.1. The second-order valence-corrected chi connectivity index (χ2v) is 8.38. The molecule has 30 heavy (non-hydrogen) atoms. The van der Waals surface area contributed by atoms with E-state index in [0.29, 0.717) is 0 Å². The van der Waals surface area contributed by atoms with Crippen LogP contribution >= 0.6 is 0 Å². The average Bonchev–Trinajstić information content (AvgIpc) is 3.31. The molecule has 5 nitrogen and oxygen atoms in total. The fourth-order valence-corrected chi connectivity index (χ4v) is 4.59. The third kappa shape index (κ3) is 5.08. The fraction of sp³-hybridized carbons (Fsp3) is 0.440. The number of rotatable bonds is 6. The molecular weight excluding hydrogens is 374 g/mol. The summed E-state index contributed by atoms with van der Waals surface area (Å²) in [5.41, 5.74) is 3.16. The minimum atomic E-state index is -0.151. The Balaban J connectivity index is 1.40. The lowest BCUT2D eigenvalue weighted by molar-refractivity contribution is -0.137. The predicted molar refractivity (Wildman–Crippen MR) is 119 cm³/mol. The molecular formula is C25H31N3O2. The number of para-hydroxylation sites is 1. The Hall–Kier alpha value is -2.66. The maximum Gasteiger partial charge on any atom is 0.239 e. The van der Waals surface area contributed by atoms with E-state index in [4.69, 9.17) is 0 Å². The van der Waals surface area contributed by atoms with Crippen molar-refractivity contribution in [2.24, 2.45) is 0 Å². The number of carbonyl (C=O) groups is 2. The number of hydrogen-bond acceptors (Lipinski definition) is 3. The van der Waals surface area contributed by atoms with E-state index in [1.807, 2.05) is 41.3 Å². The van der Waals surface area contributed by atoms with Gasteiger partial charge in [-0.1, -0.05) is 55.0 Å². The van der Waals surface area contributed by atoms with E-state index in [2.05, 4.69) is 28.4 Å². The van der Waals surface area contributed by atoms with E-state index in [9.17, 15) is 9.59 Å². The number of piperidine rings is 1. The quantitative estimate of drug-likeness (QED) is 0.797. The molecule has 0 aliphatic carbocycles. The van der Waals surface area contributed by atoms with Gasteiger partial charge in [-0.2, -0.15) is 0 Å². The molecule has 2 aromatic carbocycles. The van der Waals surface area contributed by atoms with Gasteiger partial charge in [0, 0.05) is 18.8 Å². The highest BCUT2D eigenvalue weighted by Gasteiger charge is 2.33. The molecule has 2 heterocycles. The summed E-state index contributed by atoms with van der Waals surface area (Å²) >= 11 is 0. The van der Waals surface area contributed by atoms with E-state index in [1.54, 1.807) is 0 Å². The number of nitrogens with zero attached hydrogens (tertiary/aromatic N) is 2. The summed E-state index contributed by atoms with van der Waals surface area (Å²) in [6.07, 6.45) is 5.92. The van der Waals surface area contributed by atoms with Crippen molar-refractivity contribution in [2.75, 3.05) is 31.5 Å². The minimum absolute atomic E-state index is 0.0448. The number of hydrogen-bond donors (Lipinski definition) is 1. The molecule has 2 amide bonds. The second kappa shape index (κ2) is 9.90. The minimum Gasteiger partial charge on any atom is -0.341 e. The van der Waals surface area contributed by atoms with Crippen LogP contribution in [0.25, 0.3) is 0 Å². The Morgan fingerprint density at radius 2 is 1.57 bits per heavy atom. The normalized spacial score (nSPS) is 19.6. The van der Waals surface area contributed by atoms with Crippen molar-refractivity contribution in [3.8, 4) is 0 Å². The van der Waals surface area contributed by atoms with Crippen LogP contribution in [-0.2, 0) is 16.0 Å². The molecule has 2 fully saturated rings. The van der Waals surface area contributed by atoms with E-state index in [-0.39, 0.29) is 24.4 Å². The van der Waals surface area contributed by atoms with Gasteiger partial charge in [-0.15, -0.1) is 0 Å². The van der Waals surface area contributed by atoms with Gasteiger partial charge in [0.15, 0.2) is 0 Å². The van der Waals surface area contributed by atoms with Crippen LogP contribution in [0.3, 0.4) is 0 Å². The highest BCUT2D eigenvalue weighted by atomic mass is 16.2. The Labute approximate surface area is 179 Å². The van der Waals surface area contributed by atoms with E-state index in [1.165, 1.54) is 5.56 Å². The Morgan fingerprint density at radius 1 is 0.867 bits per heavy atom. The van der Waals surface area contributed by atoms with Crippen molar-refractivity contribution in [3.63, 3.8) is 0 Å².